The molecule has 2 N–H and O–H groups in total. The van der Waals surface area contributed by atoms with E-state index in [4.69, 9.17) is 0 Å². The molecule has 5 heteroatoms. The molecule has 0 aliphatic rings. The zero-order valence-corrected chi connectivity index (χ0v) is 14.2. The van der Waals surface area contributed by atoms with Crippen LogP contribution in [-0.2, 0) is 13.1 Å². The minimum atomic E-state index is -0.530. The van der Waals surface area contributed by atoms with Crippen LogP contribution in [0, 0.1) is 5.82 Å². The second-order valence-corrected chi connectivity index (χ2v) is 6.38. The van der Waals surface area contributed by atoms with Gasteiger partial charge in [0, 0.05) is 16.6 Å². The quantitative estimate of drug-likeness (QED) is 0.836. The number of carbonyl (C=O) groups excluding carboxylic acids is 1. The van der Waals surface area contributed by atoms with Crippen LogP contribution in [0.4, 0.5) is 4.39 Å². The van der Waals surface area contributed by atoms with Crippen LogP contribution in [0.25, 0.3) is 0 Å². The summed E-state index contributed by atoms with van der Waals surface area (Å²) in [6.45, 7) is 1.26. The molecule has 0 bridgehead atoms. The molecule has 0 spiro atoms. The van der Waals surface area contributed by atoms with Crippen LogP contribution < -0.4 is 10.2 Å². The molecular weight excluding hydrogens is 347 g/mol. The average molecular weight is 366 g/mol. The number of rotatable bonds is 5. The maximum Gasteiger partial charge on any atom is 0.254 e. The fourth-order valence-electron chi connectivity index (χ4n) is 2.23. The van der Waals surface area contributed by atoms with Crippen molar-refractivity contribution >= 4 is 21.8 Å². The number of carbonyl (C=O) groups is 1. The van der Waals surface area contributed by atoms with Gasteiger partial charge in [-0.25, -0.2) is 4.39 Å². The molecule has 0 aliphatic heterocycles. The monoisotopic (exact) mass is 365 g/mol. The van der Waals surface area contributed by atoms with Crippen LogP contribution in [0.1, 0.15) is 21.5 Å². The van der Waals surface area contributed by atoms with E-state index in [2.05, 4.69) is 41.4 Å². The van der Waals surface area contributed by atoms with Gasteiger partial charge in [0.2, 0.25) is 0 Å². The highest BCUT2D eigenvalue weighted by molar-refractivity contribution is 9.10. The molecule has 0 saturated carbocycles. The highest BCUT2D eigenvalue weighted by Crippen LogP contribution is 2.15. The van der Waals surface area contributed by atoms with E-state index in [0.717, 1.165) is 12.1 Å². The first-order valence-electron chi connectivity index (χ1n) is 7.06. The van der Waals surface area contributed by atoms with Crippen LogP contribution in [0.2, 0.25) is 0 Å². The molecular formula is C17H19BrFN2O+. The van der Waals surface area contributed by atoms with Gasteiger partial charge >= 0.3 is 0 Å². The van der Waals surface area contributed by atoms with Crippen molar-refractivity contribution in [1.82, 2.24) is 5.32 Å². The Balaban J connectivity index is 2.08. The van der Waals surface area contributed by atoms with Gasteiger partial charge in [0.15, 0.2) is 0 Å². The lowest BCUT2D eigenvalue weighted by Crippen LogP contribution is -3.04. The number of amides is 1. The van der Waals surface area contributed by atoms with E-state index < -0.39 is 11.7 Å². The summed E-state index contributed by atoms with van der Waals surface area (Å²) >= 11 is 3.18. The standard InChI is InChI=1S/C17H18BrFN2O/c1-21(2)11-13-6-4-3-5-12(13)10-20-17(22)15-8-7-14(18)9-16(15)19/h3-9H,10-11H2,1-2H3,(H,20,22)/p+1. The number of quaternary nitrogens is 1. The minimum Gasteiger partial charge on any atom is -0.348 e. The Kier molecular flexibility index (Phi) is 5.69. The lowest BCUT2D eigenvalue weighted by molar-refractivity contribution is -0.872. The highest BCUT2D eigenvalue weighted by atomic mass is 79.9. The molecule has 0 atom stereocenters. The van der Waals surface area contributed by atoms with Crippen LogP contribution >= 0.6 is 15.9 Å². The van der Waals surface area contributed by atoms with E-state index in [1.165, 1.54) is 22.6 Å². The smallest absolute Gasteiger partial charge is 0.254 e. The van der Waals surface area contributed by atoms with Crippen molar-refractivity contribution in [2.75, 3.05) is 14.1 Å². The Morgan fingerprint density at radius 1 is 1.18 bits per heavy atom. The Morgan fingerprint density at radius 2 is 1.86 bits per heavy atom. The Hall–Kier alpha value is -1.72. The van der Waals surface area contributed by atoms with E-state index >= 15 is 0 Å². The lowest BCUT2D eigenvalue weighted by atomic mass is 10.1. The van der Waals surface area contributed by atoms with Gasteiger partial charge in [-0.15, -0.1) is 0 Å². The average Bonchev–Trinajstić information content (AvgIpc) is 2.45. The summed E-state index contributed by atoms with van der Waals surface area (Å²) in [5.41, 5.74) is 2.28. The van der Waals surface area contributed by atoms with Gasteiger partial charge < -0.3 is 10.2 Å². The second-order valence-electron chi connectivity index (χ2n) is 5.46. The topological polar surface area (TPSA) is 33.5 Å². The lowest BCUT2D eigenvalue weighted by Gasteiger charge is -2.13. The SMILES string of the molecule is C[NH+](C)Cc1ccccc1CNC(=O)c1ccc(Br)cc1F. The third-order valence-corrected chi connectivity index (χ3v) is 3.77. The Bertz CT molecular complexity index is 673. The summed E-state index contributed by atoms with van der Waals surface area (Å²) in [4.78, 5) is 13.4. The molecule has 116 valence electrons. The summed E-state index contributed by atoms with van der Waals surface area (Å²) in [5, 5.41) is 2.79. The molecule has 0 fully saturated rings. The van der Waals surface area contributed by atoms with Crippen LogP contribution in [-0.4, -0.2) is 20.0 Å². The molecule has 2 aromatic rings. The van der Waals surface area contributed by atoms with Crippen molar-refractivity contribution < 1.29 is 14.1 Å². The molecule has 2 rings (SSSR count). The van der Waals surface area contributed by atoms with E-state index in [0.29, 0.717) is 11.0 Å². The Labute approximate surface area is 138 Å². The van der Waals surface area contributed by atoms with Crippen molar-refractivity contribution in [3.05, 3.63) is 69.4 Å². The molecule has 1 amide bonds. The first-order valence-corrected chi connectivity index (χ1v) is 7.85. The fourth-order valence-corrected chi connectivity index (χ4v) is 2.56. The van der Waals surface area contributed by atoms with Gasteiger partial charge in [-0.2, -0.15) is 0 Å². The molecule has 0 unspecified atom stereocenters. The fraction of sp³-hybridized carbons (Fsp3) is 0.235. The molecule has 22 heavy (non-hydrogen) atoms. The van der Waals surface area contributed by atoms with E-state index in [1.807, 2.05) is 18.2 Å². The molecule has 0 saturated heterocycles. The maximum atomic E-state index is 13.8. The molecule has 0 radical (unpaired) electrons. The van der Waals surface area contributed by atoms with Crippen molar-refractivity contribution in [2.45, 2.75) is 13.1 Å². The summed E-state index contributed by atoms with van der Waals surface area (Å²) in [7, 11) is 4.15. The number of halogens is 2. The van der Waals surface area contributed by atoms with Crippen LogP contribution in [0.15, 0.2) is 46.9 Å². The summed E-state index contributed by atoms with van der Waals surface area (Å²) in [6, 6.07) is 12.4. The van der Waals surface area contributed by atoms with Gasteiger partial charge in [0.1, 0.15) is 12.4 Å². The zero-order chi connectivity index (χ0) is 16.1. The van der Waals surface area contributed by atoms with E-state index in [-0.39, 0.29) is 5.56 Å². The predicted molar refractivity (Wildman–Crippen MR) is 88.2 cm³/mol. The third kappa shape index (κ3) is 4.39. The van der Waals surface area contributed by atoms with Crippen molar-refractivity contribution in [1.29, 1.82) is 0 Å². The van der Waals surface area contributed by atoms with Crippen LogP contribution in [0.3, 0.4) is 0 Å². The number of benzene rings is 2. The number of nitrogens with one attached hydrogen (secondary N) is 2. The molecule has 0 aliphatic carbocycles. The first kappa shape index (κ1) is 16.6. The third-order valence-electron chi connectivity index (χ3n) is 3.28. The molecule has 0 aromatic heterocycles. The minimum absolute atomic E-state index is 0.0546. The Morgan fingerprint density at radius 3 is 2.50 bits per heavy atom. The first-order chi connectivity index (χ1) is 10.5. The summed E-state index contributed by atoms with van der Waals surface area (Å²) < 4.78 is 14.4. The molecule has 2 aromatic carbocycles. The maximum absolute atomic E-state index is 13.8. The summed E-state index contributed by atoms with van der Waals surface area (Å²) in [5.74, 6) is -0.935. The molecule has 3 nitrogen and oxygen atoms in total. The molecule has 0 heterocycles. The number of hydrogen-bond acceptors (Lipinski definition) is 1. The van der Waals surface area contributed by atoms with Gasteiger partial charge in [-0.05, 0) is 23.8 Å². The van der Waals surface area contributed by atoms with Gasteiger partial charge in [-0.3, -0.25) is 4.79 Å². The van der Waals surface area contributed by atoms with Gasteiger partial charge in [-0.1, -0.05) is 40.2 Å². The van der Waals surface area contributed by atoms with Gasteiger partial charge in [0.25, 0.3) is 5.91 Å². The largest absolute Gasteiger partial charge is 0.348 e. The predicted octanol–water partition coefficient (Wildman–Crippen LogP) is 2.16. The van der Waals surface area contributed by atoms with Crippen molar-refractivity contribution in [3.63, 3.8) is 0 Å². The normalized spacial score (nSPS) is 10.8. The van der Waals surface area contributed by atoms with Crippen molar-refractivity contribution in [2.24, 2.45) is 0 Å². The number of hydrogen-bond donors (Lipinski definition) is 2. The van der Waals surface area contributed by atoms with Crippen molar-refractivity contribution in [3.8, 4) is 0 Å². The second kappa shape index (κ2) is 7.51. The van der Waals surface area contributed by atoms with E-state index in [1.54, 1.807) is 6.07 Å². The van der Waals surface area contributed by atoms with E-state index in [9.17, 15) is 9.18 Å². The van der Waals surface area contributed by atoms with Gasteiger partial charge in [0.05, 0.1) is 19.7 Å². The highest BCUT2D eigenvalue weighted by Gasteiger charge is 2.12. The summed E-state index contributed by atoms with van der Waals surface area (Å²) in [6.07, 6.45) is 0. The zero-order valence-electron chi connectivity index (χ0n) is 12.6. The van der Waals surface area contributed by atoms with Crippen LogP contribution in [0.5, 0.6) is 0 Å².